The van der Waals surface area contributed by atoms with Gasteiger partial charge in [0.25, 0.3) is 0 Å². The van der Waals surface area contributed by atoms with E-state index in [-0.39, 0.29) is 13.1 Å². The molecule has 2 unspecified atom stereocenters. The number of carboxylic acids is 4. The van der Waals surface area contributed by atoms with Crippen LogP contribution < -0.4 is 28.7 Å². The van der Waals surface area contributed by atoms with Crippen LogP contribution in [-0.2, 0) is 25.6 Å². The van der Waals surface area contributed by atoms with E-state index in [0.717, 1.165) is 18.4 Å². The normalized spacial score (nSPS) is 11.0. The molecule has 0 aliphatic rings. The van der Waals surface area contributed by atoms with Crippen LogP contribution in [0.4, 0.5) is 0 Å². The molecule has 2 atom stereocenters. The number of hydrogen-bond donors (Lipinski definition) is 9. The molecule has 14 N–H and O–H groups in total. The maximum Gasteiger partial charge on any atom is 0.320 e. The van der Waals surface area contributed by atoms with Crippen molar-refractivity contribution in [2.75, 3.05) is 19.6 Å². The van der Waals surface area contributed by atoms with Gasteiger partial charge in [0.1, 0.15) is 12.1 Å². The molecular formula is C19H35N5O8. The van der Waals surface area contributed by atoms with Crippen LogP contribution in [0.2, 0.25) is 0 Å². The Morgan fingerprint density at radius 1 is 0.719 bits per heavy atom. The molecule has 13 heteroatoms. The highest BCUT2D eigenvalue weighted by atomic mass is 16.4. The number of rotatable bonds is 10. The Labute approximate surface area is 186 Å². The highest BCUT2D eigenvalue weighted by Gasteiger charge is 2.11. The largest absolute Gasteiger partial charge is 0.480 e. The molecule has 0 saturated carbocycles. The van der Waals surface area contributed by atoms with Crippen LogP contribution in [0.3, 0.4) is 0 Å². The molecule has 0 aliphatic carbocycles. The van der Waals surface area contributed by atoms with Gasteiger partial charge < -0.3 is 49.1 Å². The second-order valence-electron chi connectivity index (χ2n) is 6.06. The van der Waals surface area contributed by atoms with Gasteiger partial charge in [0, 0.05) is 0 Å². The number of aliphatic carboxylic acids is 4. The number of carboxylic acid groups (broad SMARTS) is 4. The van der Waals surface area contributed by atoms with Gasteiger partial charge in [-0.3, -0.25) is 19.2 Å². The van der Waals surface area contributed by atoms with E-state index in [1.54, 1.807) is 0 Å². The van der Waals surface area contributed by atoms with Crippen LogP contribution in [0.25, 0.3) is 0 Å². The lowest BCUT2D eigenvalue weighted by molar-refractivity contribution is -0.139. The van der Waals surface area contributed by atoms with Gasteiger partial charge in [0.05, 0.1) is 13.1 Å². The Balaban J connectivity index is -0.000000379. The summed E-state index contributed by atoms with van der Waals surface area (Å²) in [7, 11) is 0. The molecule has 0 heterocycles. The Bertz CT molecular complexity index is 632. The molecule has 0 aromatic heterocycles. The van der Waals surface area contributed by atoms with Gasteiger partial charge in [-0.15, -0.1) is 0 Å². The maximum absolute atomic E-state index is 10.4. The van der Waals surface area contributed by atoms with Gasteiger partial charge in [-0.1, -0.05) is 36.8 Å². The van der Waals surface area contributed by atoms with E-state index in [1.807, 2.05) is 30.3 Å². The van der Waals surface area contributed by atoms with Crippen LogP contribution in [-0.4, -0.2) is 76.0 Å². The minimum atomic E-state index is -0.968. The molecule has 0 saturated heterocycles. The van der Waals surface area contributed by atoms with Crippen molar-refractivity contribution in [3.63, 3.8) is 0 Å². The number of unbranched alkanes of at least 4 members (excludes halogenated alkanes) is 1. The smallest absolute Gasteiger partial charge is 0.320 e. The molecular weight excluding hydrogens is 426 g/mol. The standard InChI is InChI=1S/C9H11NO2.C6H14N2O2.2C2H5NO2/c10-8(9(11)12)6-7-4-2-1-3-5-7;7-4-2-1-3-5(8)6(9)10;2*3-1-2(4)5/h1-5,8H,6,10H2,(H,11,12);5H,1-4,7-8H2,(H,9,10);2*1,3H2,(H,4,5). The topological polar surface area (TPSA) is 279 Å². The predicted molar refractivity (Wildman–Crippen MR) is 118 cm³/mol. The van der Waals surface area contributed by atoms with Gasteiger partial charge in [-0.2, -0.15) is 0 Å². The second kappa shape index (κ2) is 22.6. The molecule has 0 amide bonds. The van der Waals surface area contributed by atoms with Gasteiger partial charge in [-0.25, -0.2) is 0 Å². The summed E-state index contributed by atoms with van der Waals surface area (Å²) in [4.78, 5) is 39.0. The molecule has 0 aliphatic heterocycles. The average molecular weight is 462 g/mol. The average Bonchev–Trinajstić information content (AvgIpc) is 2.75. The van der Waals surface area contributed by atoms with E-state index in [4.69, 9.17) is 37.6 Å². The summed E-state index contributed by atoms with van der Waals surface area (Å²) in [6.07, 6.45) is 2.55. The minimum Gasteiger partial charge on any atom is -0.480 e. The van der Waals surface area contributed by atoms with Crippen LogP contribution >= 0.6 is 0 Å². The third-order valence-electron chi connectivity index (χ3n) is 3.25. The lowest BCUT2D eigenvalue weighted by Gasteiger charge is -2.04. The zero-order chi connectivity index (χ0) is 25.5. The molecule has 0 fully saturated rings. The van der Waals surface area contributed by atoms with Crippen molar-refractivity contribution in [2.45, 2.75) is 37.8 Å². The number of benzene rings is 1. The van der Waals surface area contributed by atoms with Crippen LogP contribution in [0, 0.1) is 0 Å². The molecule has 184 valence electrons. The number of carbonyl (C=O) groups is 4. The van der Waals surface area contributed by atoms with Crippen molar-refractivity contribution in [3.05, 3.63) is 35.9 Å². The third kappa shape index (κ3) is 26.9. The molecule has 32 heavy (non-hydrogen) atoms. The minimum absolute atomic E-state index is 0.278. The Kier molecular flexibility index (Phi) is 23.7. The van der Waals surface area contributed by atoms with Crippen molar-refractivity contribution in [2.24, 2.45) is 28.7 Å². The van der Waals surface area contributed by atoms with Crippen LogP contribution in [0.15, 0.2) is 30.3 Å². The van der Waals surface area contributed by atoms with Crippen molar-refractivity contribution in [1.82, 2.24) is 0 Å². The van der Waals surface area contributed by atoms with Gasteiger partial charge in [0.15, 0.2) is 0 Å². The third-order valence-corrected chi connectivity index (χ3v) is 3.25. The molecule has 1 rings (SSSR count). The lowest BCUT2D eigenvalue weighted by Crippen LogP contribution is -2.32. The molecule has 1 aromatic carbocycles. The Hall–Kier alpha value is -3.10. The fourth-order valence-electron chi connectivity index (χ4n) is 1.59. The molecule has 0 bridgehead atoms. The summed E-state index contributed by atoms with van der Waals surface area (Å²) < 4.78 is 0. The second-order valence-corrected chi connectivity index (χ2v) is 6.06. The molecule has 0 spiro atoms. The van der Waals surface area contributed by atoms with Crippen molar-refractivity contribution in [1.29, 1.82) is 0 Å². The van der Waals surface area contributed by atoms with E-state index in [0.29, 0.717) is 19.4 Å². The fourth-order valence-corrected chi connectivity index (χ4v) is 1.59. The zero-order valence-corrected chi connectivity index (χ0v) is 17.8. The molecule has 13 nitrogen and oxygen atoms in total. The van der Waals surface area contributed by atoms with Crippen LogP contribution in [0.1, 0.15) is 24.8 Å². The Morgan fingerprint density at radius 3 is 1.44 bits per heavy atom. The van der Waals surface area contributed by atoms with E-state index < -0.39 is 36.0 Å². The quantitative estimate of drug-likeness (QED) is 0.174. The zero-order valence-electron chi connectivity index (χ0n) is 17.8. The monoisotopic (exact) mass is 461 g/mol. The van der Waals surface area contributed by atoms with Gasteiger partial charge in [-0.05, 0) is 31.4 Å². The number of nitrogens with two attached hydrogens (primary N) is 5. The predicted octanol–water partition coefficient (Wildman–Crippen LogP) is -1.77. The van der Waals surface area contributed by atoms with Crippen molar-refractivity contribution in [3.8, 4) is 0 Å². The summed E-state index contributed by atoms with van der Waals surface area (Å²) in [6.45, 7) is 0.0480. The van der Waals surface area contributed by atoms with Crippen molar-refractivity contribution >= 4 is 23.9 Å². The van der Waals surface area contributed by atoms with Gasteiger partial charge >= 0.3 is 23.9 Å². The summed E-state index contributed by atoms with van der Waals surface area (Å²) in [6, 6.07) is 7.83. The maximum atomic E-state index is 10.4. The molecule has 0 radical (unpaired) electrons. The van der Waals surface area contributed by atoms with E-state index in [2.05, 4.69) is 11.5 Å². The molecule has 1 aromatic rings. The van der Waals surface area contributed by atoms with Crippen molar-refractivity contribution < 1.29 is 39.6 Å². The highest BCUT2D eigenvalue weighted by molar-refractivity contribution is 5.73. The first-order chi connectivity index (χ1) is 14.9. The Morgan fingerprint density at radius 2 is 1.12 bits per heavy atom. The SMILES string of the molecule is NC(Cc1ccccc1)C(=O)O.NCC(=O)O.NCC(=O)O.NCCCCC(N)C(=O)O. The summed E-state index contributed by atoms with van der Waals surface area (Å²) >= 11 is 0. The van der Waals surface area contributed by atoms with Gasteiger partial charge in [0.2, 0.25) is 0 Å². The number of hydrogen-bond acceptors (Lipinski definition) is 9. The lowest BCUT2D eigenvalue weighted by atomic mass is 10.1. The summed E-state index contributed by atoms with van der Waals surface area (Å²) in [5, 5.41) is 32.0. The summed E-state index contributed by atoms with van der Waals surface area (Å²) in [5.41, 5.74) is 25.9. The van der Waals surface area contributed by atoms with E-state index >= 15 is 0 Å². The van der Waals surface area contributed by atoms with E-state index in [9.17, 15) is 19.2 Å². The van der Waals surface area contributed by atoms with Crippen LogP contribution in [0.5, 0.6) is 0 Å². The highest BCUT2D eigenvalue weighted by Crippen LogP contribution is 2.01. The first-order valence-electron chi connectivity index (χ1n) is 9.47. The van der Waals surface area contributed by atoms with E-state index in [1.165, 1.54) is 0 Å². The first-order valence-corrected chi connectivity index (χ1v) is 9.47. The fraction of sp³-hybridized carbons (Fsp3) is 0.474. The summed E-state index contributed by atoms with van der Waals surface area (Å²) in [5.74, 6) is -3.83. The first kappa shape index (κ1) is 33.5.